The maximum absolute atomic E-state index is 14.3. The summed E-state index contributed by atoms with van der Waals surface area (Å²) in [6.45, 7) is 0. The first-order valence-electron chi connectivity index (χ1n) is 16.1. The number of nitrogens with two attached hydrogens (primary N) is 1. The molecule has 0 bridgehead atoms. The second-order valence-electron chi connectivity index (χ2n) is 13.3. The van der Waals surface area contributed by atoms with Gasteiger partial charge in [-0.05, 0) is 87.9 Å². The number of hydrogen-bond acceptors (Lipinski definition) is 10. The van der Waals surface area contributed by atoms with Gasteiger partial charge in [-0.3, -0.25) is 19.3 Å². The highest BCUT2D eigenvalue weighted by molar-refractivity contribution is 6.24. The summed E-state index contributed by atoms with van der Waals surface area (Å²) in [5.41, 5.74) is 3.77. The van der Waals surface area contributed by atoms with Crippen molar-refractivity contribution < 1.29 is 44.3 Å². The second-order valence-corrected chi connectivity index (χ2v) is 13.3. The number of amides is 1. The molecular weight excluding hydrogens is 616 g/mol. The number of likely N-dealkylation sites (N-methyl/N-ethyl adjacent to an activating group) is 1. The van der Waals surface area contributed by atoms with Crippen molar-refractivity contribution in [3.05, 3.63) is 63.9 Å². The number of fused-ring (bicyclic) bond motifs is 3. The number of rotatable bonds is 5. The van der Waals surface area contributed by atoms with E-state index in [1.54, 1.807) is 58.6 Å². The van der Waals surface area contributed by atoms with Crippen molar-refractivity contribution in [3.8, 4) is 34.5 Å². The van der Waals surface area contributed by atoms with Crippen LogP contribution in [0.1, 0.15) is 48.8 Å². The van der Waals surface area contributed by atoms with Crippen LogP contribution in [0, 0.1) is 29.6 Å². The molecule has 2 aromatic carbocycles. The molecule has 6 N–H and O–H groups in total. The van der Waals surface area contributed by atoms with E-state index in [4.69, 9.17) is 15.2 Å². The Labute approximate surface area is 278 Å². The van der Waals surface area contributed by atoms with Gasteiger partial charge in [-0.15, -0.1) is 0 Å². The normalized spacial score (nSPS) is 28.3. The summed E-state index contributed by atoms with van der Waals surface area (Å²) in [6.07, 6.45) is 3.90. The SMILES string of the molecule is COc1ccc(-c2cc(C#CC3CCC(OC)CC3)c3c(c2O)C(O)=C2C(=O)[C@]4(O)C(O)=C(C(N)=O)C(=O)[C@@H](N(C)C)[C@@H]4C[C@@H]2C3)cc1. The van der Waals surface area contributed by atoms with E-state index in [-0.39, 0.29) is 41.7 Å². The Hall–Kier alpha value is -4.63. The minimum atomic E-state index is -2.71. The molecule has 0 saturated heterocycles. The molecule has 252 valence electrons. The van der Waals surface area contributed by atoms with Crippen molar-refractivity contribution in [2.45, 2.75) is 56.3 Å². The molecule has 0 radical (unpaired) electrons. The van der Waals surface area contributed by atoms with Crippen LogP contribution in [-0.4, -0.2) is 88.9 Å². The Morgan fingerprint density at radius 2 is 1.71 bits per heavy atom. The minimum absolute atomic E-state index is 0.000650. The van der Waals surface area contributed by atoms with Crippen molar-refractivity contribution >= 4 is 23.2 Å². The van der Waals surface area contributed by atoms with Crippen LogP contribution in [-0.2, 0) is 25.5 Å². The number of aromatic hydroxyl groups is 1. The highest BCUT2D eigenvalue weighted by Gasteiger charge is 2.64. The molecule has 1 amide bonds. The van der Waals surface area contributed by atoms with Crippen molar-refractivity contribution in [3.63, 3.8) is 0 Å². The molecule has 6 rings (SSSR count). The van der Waals surface area contributed by atoms with Crippen LogP contribution >= 0.6 is 0 Å². The third-order valence-corrected chi connectivity index (χ3v) is 10.5. The molecule has 11 heteroatoms. The van der Waals surface area contributed by atoms with Gasteiger partial charge < -0.3 is 35.6 Å². The van der Waals surface area contributed by atoms with E-state index in [0.717, 1.165) is 25.7 Å². The summed E-state index contributed by atoms with van der Waals surface area (Å²) in [4.78, 5) is 41.5. The predicted octanol–water partition coefficient (Wildman–Crippen LogP) is 3.20. The molecule has 0 heterocycles. The average Bonchev–Trinajstić information content (AvgIpc) is 3.06. The number of carbonyl (C=O) groups excluding carboxylic acids is 3. The van der Waals surface area contributed by atoms with Gasteiger partial charge in [0.2, 0.25) is 5.78 Å². The van der Waals surface area contributed by atoms with E-state index in [2.05, 4.69) is 11.8 Å². The third kappa shape index (κ3) is 5.15. The average molecular weight is 657 g/mol. The monoisotopic (exact) mass is 656 g/mol. The Bertz CT molecular complexity index is 1820. The van der Waals surface area contributed by atoms with Crippen LogP contribution in [0.2, 0.25) is 0 Å². The molecule has 0 aromatic heterocycles. The number of benzene rings is 2. The van der Waals surface area contributed by atoms with Crippen LogP contribution in [0.25, 0.3) is 16.9 Å². The lowest BCUT2D eigenvalue weighted by Crippen LogP contribution is -2.65. The quantitative estimate of drug-likeness (QED) is 0.237. The standard InChI is InChI=1S/C37H40N2O9/c1-39(2)30-26-17-21-16-24-20(8-5-18-6-11-22(47-3)12-7-18)15-25(19-9-13-23(48-4)14-10-19)31(40)28(24)32(41)27(21)34(43)37(26,46)35(44)29(33(30)42)36(38)45/h9-10,13-15,18,21-22,26,30,40-41,44,46H,6-7,11-12,16-17H2,1-4H3,(H2,38,45)/t18?,21-,22?,26-,30-,37-/m0/s1. The number of aliphatic hydroxyl groups excluding tert-OH is 2. The number of phenolic OH excluding ortho intramolecular Hbond substituents is 1. The Balaban J connectivity index is 1.54. The van der Waals surface area contributed by atoms with Crippen molar-refractivity contribution in [1.82, 2.24) is 4.90 Å². The minimum Gasteiger partial charge on any atom is -0.508 e. The number of phenols is 1. The smallest absolute Gasteiger partial charge is 0.255 e. The van der Waals surface area contributed by atoms with Gasteiger partial charge in [0, 0.05) is 35.6 Å². The van der Waals surface area contributed by atoms with E-state index < -0.39 is 58.0 Å². The zero-order valence-corrected chi connectivity index (χ0v) is 27.4. The molecule has 0 aliphatic heterocycles. The van der Waals surface area contributed by atoms with Crippen LogP contribution in [0.3, 0.4) is 0 Å². The van der Waals surface area contributed by atoms with Gasteiger partial charge in [-0.1, -0.05) is 24.0 Å². The highest BCUT2D eigenvalue weighted by Crippen LogP contribution is 2.54. The zero-order chi connectivity index (χ0) is 34.7. The van der Waals surface area contributed by atoms with Gasteiger partial charge in [0.25, 0.3) is 5.91 Å². The number of carbonyl (C=O) groups is 3. The Kier molecular flexibility index (Phi) is 8.62. The number of Topliss-reactive ketones (excluding diaryl/α,β-unsaturated/α-hetero) is 2. The molecule has 2 saturated carbocycles. The number of primary amides is 1. The summed E-state index contributed by atoms with van der Waals surface area (Å²) in [5.74, 6) is 0.523. The van der Waals surface area contributed by atoms with Gasteiger partial charge >= 0.3 is 0 Å². The molecule has 4 atom stereocenters. The zero-order valence-electron chi connectivity index (χ0n) is 27.4. The number of nitrogens with zero attached hydrogens (tertiary/aromatic N) is 1. The third-order valence-electron chi connectivity index (χ3n) is 10.5. The lowest BCUT2D eigenvalue weighted by molar-refractivity contribution is -0.153. The first kappa shape index (κ1) is 33.3. The highest BCUT2D eigenvalue weighted by atomic mass is 16.5. The summed E-state index contributed by atoms with van der Waals surface area (Å²) in [5, 5.41) is 46.7. The largest absolute Gasteiger partial charge is 0.508 e. The van der Waals surface area contributed by atoms with E-state index in [9.17, 15) is 34.8 Å². The van der Waals surface area contributed by atoms with Crippen molar-refractivity contribution in [2.75, 3.05) is 28.3 Å². The summed E-state index contributed by atoms with van der Waals surface area (Å²) in [7, 11) is 6.39. The van der Waals surface area contributed by atoms with Crippen molar-refractivity contribution in [2.24, 2.45) is 23.5 Å². The molecule has 2 fully saturated rings. The Morgan fingerprint density at radius 1 is 1.04 bits per heavy atom. The fraction of sp³-hybridized carbons (Fsp3) is 0.432. The van der Waals surface area contributed by atoms with Gasteiger partial charge in [0.05, 0.1) is 24.8 Å². The van der Waals surface area contributed by atoms with Gasteiger partial charge in [0.1, 0.15) is 28.6 Å². The van der Waals surface area contributed by atoms with E-state index >= 15 is 0 Å². The number of ether oxygens (including phenoxy) is 2. The van der Waals surface area contributed by atoms with E-state index in [1.165, 1.54) is 4.90 Å². The van der Waals surface area contributed by atoms with E-state index in [1.807, 2.05) is 0 Å². The first-order valence-corrected chi connectivity index (χ1v) is 16.1. The number of ketones is 2. The lowest BCUT2D eigenvalue weighted by atomic mass is 9.57. The van der Waals surface area contributed by atoms with Crippen LogP contribution in [0.15, 0.2) is 47.2 Å². The second kappa shape index (κ2) is 12.4. The molecule has 4 aliphatic rings. The summed E-state index contributed by atoms with van der Waals surface area (Å²) < 4.78 is 10.8. The van der Waals surface area contributed by atoms with Crippen LogP contribution in [0.4, 0.5) is 0 Å². The fourth-order valence-corrected chi connectivity index (χ4v) is 8.04. The summed E-state index contributed by atoms with van der Waals surface area (Å²) in [6, 6.07) is 7.61. The molecule has 11 nitrogen and oxygen atoms in total. The van der Waals surface area contributed by atoms with Gasteiger partial charge in [-0.2, -0.15) is 0 Å². The predicted molar refractivity (Wildman–Crippen MR) is 176 cm³/mol. The van der Waals surface area contributed by atoms with Crippen LogP contribution < -0.4 is 10.5 Å². The van der Waals surface area contributed by atoms with Gasteiger partial charge in [0.15, 0.2) is 11.4 Å². The molecule has 4 aliphatic carbocycles. The maximum Gasteiger partial charge on any atom is 0.255 e. The van der Waals surface area contributed by atoms with Gasteiger partial charge in [-0.25, -0.2) is 0 Å². The van der Waals surface area contributed by atoms with E-state index in [0.29, 0.717) is 28.0 Å². The molecular formula is C37H40N2O9. The number of aliphatic hydroxyl groups is 3. The van der Waals surface area contributed by atoms with Crippen LogP contribution in [0.5, 0.6) is 11.5 Å². The lowest BCUT2D eigenvalue weighted by Gasteiger charge is -2.50. The Morgan fingerprint density at radius 3 is 2.29 bits per heavy atom. The molecule has 2 aromatic rings. The topological polar surface area (TPSA) is 180 Å². The maximum atomic E-state index is 14.3. The van der Waals surface area contributed by atoms with Crippen molar-refractivity contribution in [1.29, 1.82) is 0 Å². The first-order chi connectivity index (χ1) is 22.8. The molecule has 0 unspecified atom stereocenters. The molecule has 0 spiro atoms. The molecule has 48 heavy (non-hydrogen) atoms. The summed E-state index contributed by atoms with van der Waals surface area (Å²) >= 11 is 0. The number of hydrogen-bond donors (Lipinski definition) is 5. The number of methoxy groups -OCH3 is 2. The fourth-order valence-electron chi connectivity index (χ4n) is 8.04.